The fraction of sp³-hybridized carbons (Fsp3) is 0.154. The number of carbonyl (C=O) groups excluding carboxylic acids is 2. The van der Waals surface area contributed by atoms with Crippen LogP contribution in [-0.4, -0.2) is 11.8 Å². The lowest BCUT2D eigenvalue weighted by Gasteiger charge is -2.18. The van der Waals surface area contributed by atoms with Crippen LogP contribution in [0.15, 0.2) is 82.2 Å². The van der Waals surface area contributed by atoms with Crippen LogP contribution in [0.25, 0.3) is 0 Å². The molecule has 3 aromatic carbocycles. The van der Waals surface area contributed by atoms with Crippen molar-refractivity contribution in [2.45, 2.75) is 32.1 Å². The number of thioether (sulfide) groups is 1. The Bertz CT molecular complexity index is 1230. The van der Waals surface area contributed by atoms with E-state index in [2.05, 4.69) is 12.2 Å². The molecule has 0 saturated carbocycles. The van der Waals surface area contributed by atoms with Gasteiger partial charge in [-0.15, -0.1) is 0 Å². The van der Waals surface area contributed by atoms with Crippen LogP contribution >= 0.6 is 23.4 Å². The highest BCUT2D eigenvalue weighted by Crippen LogP contribution is 2.39. The summed E-state index contributed by atoms with van der Waals surface area (Å²) in [6.07, 6.45) is 0.805. The first kappa shape index (κ1) is 22.2. The van der Waals surface area contributed by atoms with E-state index in [0.717, 1.165) is 33.7 Å². The summed E-state index contributed by atoms with van der Waals surface area (Å²) in [5.41, 5.74) is 4.72. The Hall–Kier alpha value is -3.02. The van der Waals surface area contributed by atoms with E-state index in [1.807, 2.05) is 68.4 Å². The average Bonchev–Trinajstić information content (AvgIpc) is 3.00. The van der Waals surface area contributed by atoms with Gasteiger partial charge in [-0.2, -0.15) is 0 Å². The van der Waals surface area contributed by atoms with Gasteiger partial charge in [0.2, 0.25) is 0 Å². The molecule has 162 valence electrons. The zero-order valence-electron chi connectivity index (χ0n) is 18.1. The summed E-state index contributed by atoms with van der Waals surface area (Å²) in [7, 11) is 0. The number of aryl methyl sites for hydroxylation is 3. The molecule has 1 aliphatic rings. The third-order valence-corrected chi connectivity index (χ3v) is 6.67. The van der Waals surface area contributed by atoms with Crippen molar-refractivity contribution in [3.63, 3.8) is 0 Å². The van der Waals surface area contributed by atoms with Crippen LogP contribution in [0, 0.1) is 13.8 Å². The minimum absolute atomic E-state index is 0.288. The highest BCUT2D eigenvalue weighted by molar-refractivity contribution is 8.04. The highest BCUT2D eigenvalue weighted by atomic mass is 35.5. The highest BCUT2D eigenvalue weighted by Gasteiger charge is 2.41. The molecule has 32 heavy (non-hydrogen) atoms. The van der Waals surface area contributed by atoms with Crippen LogP contribution in [0.4, 0.5) is 11.4 Å². The number of benzene rings is 3. The first-order valence-corrected chi connectivity index (χ1v) is 11.6. The van der Waals surface area contributed by atoms with Crippen LogP contribution in [0.3, 0.4) is 0 Å². The van der Waals surface area contributed by atoms with Gasteiger partial charge in [0.1, 0.15) is 10.6 Å². The summed E-state index contributed by atoms with van der Waals surface area (Å²) in [5, 5.41) is 3.89. The van der Waals surface area contributed by atoms with Crippen molar-refractivity contribution in [1.82, 2.24) is 0 Å². The van der Waals surface area contributed by atoms with Crippen LogP contribution in [-0.2, 0) is 16.0 Å². The fourth-order valence-corrected chi connectivity index (χ4v) is 4.75. The normalized spacial score (nSPS) is 13.8. The molecule has 0 bridgehead atoms. The van der Waals surface area contributed by atoms with Crippen LogP contribution < -0.4 is 10.2 Å². The molecule has 0 fully saturated rings. The molecule has 3 aromatic rings. The number of imide groups is 1. The first-order valence-electron chi connectivity index (χ1n) is 10.4. The van der Waals surface area contributed by atoms with E-state index in [1.54, 1.807) is 12.1 Å². The number of nitrogens with one attached hydrogen (secondary N) is 1. The van der Waals surface area contributed by atoms with E-state index in [1.165, 1.54) is 16.7 Å². The quantitative estimate of drug-likeness (QED) is 0.424. The molecule has 0 spiro atoms. The fourth-order valence-electron chi connectivity index (χ4n) is 3.70. The number of anilines is 2. The van der Waals surface area contributed by atoms with Crippen molar-refractivity contribution in [1.29, 1.82) is 0 Å². The Labute approximate surface area is 197 Å². The second-order valence-electron chi connectivity index (χ2n) is 7.63. The average molecular weight is 463 g/mol. The van der Waals surface area contributed by atoms with Gasteiger partial charge in [-0.25, -0.2) is 4.90 Å². The van der Waals surface area contributed by atoms with Crippen LogP contribution in [0.5, 0.6) is 0 Å². The van der Waals surface area contributed by atoms with Gasteiger partial charge in [0, 0.05) is 15.6 Å². The predicted octanol–water partition coefficient (Wildman–Crippen LogP) is 6.51. The Morgan fingerprint density at radius 1 is 0.938 bits per heavy atom. The van der Waals surface area contributed by atoms with Crippen molar-refractivity contribution in [3.8, 4) is 0 Å². The number of halogens is 1. The summed E-state index contributed by atoms with van der Waals surface area (Å²) >= 11 is 7.29. The van der Waals surface area contributed by atoms with E-state index >= 15 is 0 Å². The van der Waals surface area contributed by atoms with E-state index in [0.29, 0.717) is 15.6 Å². The van der Waals surface area contributed by atoms with Crippen molar-refractivity contribution in [2.75, 3.05) is 10.2 Å². The number of amides is 2. The third-order valence-electron chi connectivity index (χ3n) is 5.33. The van der Waals surface area contributed by atoms with Gasteiger partial charge in [-0.1, -0.05) is 66.2 Å². The Balaban J connectivity index is 1.78. The Kier molecular flexibility index (Phi) is 6.40. The second kappa shape index (κ2) is 9.23. The Morgan fingerprint density at radius 2 is 1.66 bits per heavy atom. The molecule has 4 rings (SSSR count). The molecule has 0 radical (unpaired) electrons. The smallest absolute Gasteiger partial charge is 0.283 e. The monoisotopic (exact) mass is 462 g/mol. The van der Waals surface area contributed by atoms with Crippen molar-refractivity contribution in [2.24, 2.45) is 0 Å². The number of carbonyl (C=O) groups is 2. The maximum absolute atomic E-state index is 13.6. The molecule has 4 nitrogen and oxygen atoms in total. The summed E-state index contributed by atoms with van der Waals surface area (Å²) in [5.74, 6) is -0.692. The second-order valence-corrected chi connectivity index (χ2v) is 9.15. The standard InChI is InChI=1S/C26H23ClN2O2S/c1-4-18-7-5-6-8-21(18)28-23-24(32-20-12-10-19(27)11-13-20)26(31)29(25(23)30)22-14-9-16(2)15-17(22)3/h5-15,28H,4H2,1-3H3. The maximum Gasteiger partial charge on any atom is 0.283 e. The Morgan fingerprint density at radius 3 is 2.34 bits per heavy atom. The van der Waals surface area contributed by atoms with E-state index in [9.17, 15) is 9.59 Å². The molecule has 1 N–H and O–H groups in total. The molecule has 0 unspecified atom stereocenters. The number of rotatable bonds is 6. The lowest BCUT2D eigenvalue weighted by Crippen LogP contribution is -2.33. The molecule has 0 saturated heterocycles. The summed E-state index contributed by atoms with van der Waals surface area (Å²) in [6, 6.07) is 20.7. The molecule has 0 atom stereocenters. The number of hydrogen-bond donors (Lipinski definition) is 1. The molecule has 2 amide bonds. The maximum atomic E-state index is 13.6. The number of hydrogen-bond acceptors (Lipinski definition) is 4. The first-order chi connectivity index (χ1) is 15.4. The summed E-state index contributed by atoms with van der Waals surface area (Å²) < 4.78 is 0. The lowest BCUT2D eigenvalue weighted by molar-refractivity contribution is -0.120. The summed E-state index contributed by atoms with van der Waals surface area (Å²) in [6.45, 7) is 5.95. The molecular weight excluding hydrogens is 440 g/mol. The molecule has 1 aliphatic heterocycles. The minimum atomic E-state index is -0.357. The van der Waals surface area contributed by atoms with Crippen LogP contribution in [0.1, 0.15) is 23.6 Å². The van der Waals surface area contributed by atoms with Gasteiger partial charge >= 0.3 is 0 Å². The van der Waals surface area contributed by atoms with Gasteiger partial charge < -0.3 is 5.32 Å². The van der Waals surface area contributed by atoms with E-state index < -0.39 is 0 Å². The van der Waals surface area contributed by atoms with E-state index in [-0.39, 0.29) is 17.5 Å². The van der Waals surface area contributed by atoms with Gasteiger partial charge in [0.15, 0.2) is 0 Å². The van der Waals surface area contributed by atoms with Gasteiger partial charge in [-0.3, -0.25) is 9.59 Å². The number of nitrogens with zero attached hydrogens (tertiary/aromatic N) is 1. The molecule has 0 aromatic heterocycles. The van der Waals surface area contributed by atoms with E-state index in [4.69, 9.17) is 11.6 Å². The molecule has 0 aliphatic carbocycles. The van der Waals surface area contributed by atoms with Crippen LogP contribution in [0.2, 0.25) is 5.02 Å². The predicted molar refractivity (Wildman–Crippen MR) is 132 cm³/mol. The van der Waals surface area contributed by atoms with Gasteiger partial charge in [0.05, 0.1) is 5.69 Å². The largest absolute Gasteiger partial charge is 0.350 e. The van der Waals surface area contributed by atoms with Crippen molar-refractivity contribution >= 4 is 46.6 Å². The third kappa shape index (κ3) is 4.31. The SMILES string of the molecule is CCc1ccccc1NC1=C(Sc2ccc(Cl)cc2)C(=O)N(c2ccc(C)cc2C)C1=O. The lowest BCUT2D eigenvalue weighted by atomic mass is 10.1. The van der Waals surface area contributed by atoms with Gasteiger partial charge in [0.25, 0.3) is 11.8 Å². The van der Waals surface area contributed by atoms with Crippen molar-refractivity contribution < 1.29 is 9.59 Å². The summed E-state index contributed by atoms with van der Waals surface area (Å²) in [4.78, 5) is 29.6. The van der Waals surface area contributed by atoms with Gasteiger partial charge in [-0.05, 0) is 67.8 Å². The topological polar surface area (TPSA) is 49.4 Å². The van der Waals surface area contributed by atoms with Crippen molar-refractivity contribution in [3.05, 3.63) is 99.0 Å². The molecule has 1 heterocycles. The zero-order valence-corrected chi connectivity index (χ0v) is 19.7. The molecule has 6 heteroatoms. The molecular formula is C26H23ClN2O2S. The minimum Gasteiger partial charge on any atom is -0.350 e. The number of para-hydroxylation sites is 1. The zero-order chi connectivity index (χ0) is 22.8.